The Morgan fingerprint density at radius 3 is 2.23 bits per heavy atom. The monoisotopic (exact) mass is 450 g/mol. The van der Waals surface area contributed by atoms with Crippen molar-refractivity contribution in [3.8, 4) is 0 Å². The van der Waals surface area contributed by atoms with Gasteiger partial charge in [-0.05, 0) is 71.1 Å². The van der Waals surface area contributed by atoms with Crippen LogP contribution >= 0.6 is 34.2 Å². The molecule has 2 aromatic rings. The average Bonchev–Trinajstić information content (AvgIpc) is 2.48. The molecule has 0 aromatic heterocycles. The van der Waals surface area contributed by atoms with Crippen LogP contribution in [-0.2, 0) is 14.8 Å². The number of amides is 1. The Kier molecular flexibility index (Phi) is 5.79. The largest absolute Gasteiger partial charge is 0.325 e. The van der Waals surface area contributed by atoms with Crippen molar-refractivity contribution in [3.05, 3.63) is 57.1 Å². The molecular weight excluding hydrogens is 439 g/mol. The molecule has 0 aliphatic rings. The zero-order valence-electron chi connectivity index (χ0n) is 11.2. The zero-order valence-corrected chi connectivity index (χ0v) is 14.9. The maximum atomic E-state index is 12.0. The molecule has 0 atom stereocenters. The van der Waals surface area contributed by atoms with Crippen molar-refractivity contribution in [2.24, 2.45) is 0 Å². The number of hydrogen-bond acceptors (Lipinski definition) is 3. The van der Waals surface area contributed by atoms with E-state index in [-0.39, 0.29) is 11.4 Å². The summed E-state index contributed by atoms with van der Waals surface area (Å²) in [6, 6.07) is 12.9. The first-order valence-electron chi connectivity index (χ1n) is 6.17. The fraction of sp³-hybridized carbons (Fsp3) is 0.0714. The van der Waals surface area contributed by atoms with Gasteiger partial charge < -0.3 is 5.32 Å². The van der Waals surface area contributed by atoms with E-state index < -0.39 is 15.9 Å². The topological polar surface area (TPSA) is 75.3 Å². The summed E-state index contributed by atoms with van der Waals surface area (Å²) < 4.78 is 27.3. The van der Waals surface area contributed by atoms with Crippen LogP contribution in [0, 0.1) is 3.57 Å². The molecule has 22 heavy (non-hydrogen) atoms. The summed E-state index contributed by atoms with van der Waals surface area (Å²) in [5, 5.41) is 3.05. The summed E-state index contributed by atoms with van der Waals surface area (Å²) in [5.74, 6) is -0.446. The van der Waals surface area contributed by atoms with Crippen molar-refractivity contribution in [3.63, 3.8) is 0 Å². The maximum absolute atomic E-state index is 12.0. The third-order valence-corrected chi connectivity index (χ3v) is 5.06. The van der Waals surface area contributed by atoms with Gasteiger partial charge in [-0.15, -0.1) is 0 Å². The molecule has 0 radical (unpaired) electrons. The zero-order chi connectivity index (χ0) is 16.2. The molecule has 0 saturated heterocycles. The van der Waals surface area contributed by atoms with Gasteiger partial charge in [0, 0.05) is 14.3 Å². The smallest absolute Gasteiger partial charge is 0.241 e. The van der Waals surface area contributed by atoms with E-state index in [1.807, 2.05) is 12.1 Å². The van der Waals surface area contributed by atoms with E-state index in [4.69, 9.17) is 11.6 Å². The fourth-order valence-electron chi connectivity index (χ4n) is 1.60. The Balaban J connectivity index is 1.95. The third-order valence-electron chi connectivity index (χ3n) is 2.67. The summed E-state index contributed by atoms with van der Waals surface area (Å²) in [6.07, 6.45) is 0. The summed E-state index contributed by atoms with van der Waals surface area (Å²) >= 11 is 7.86. The quantitative estimate of drug-likeness (QED) is 0.688. The molecule has 0 fully saturated rings. The second kappa shape index (κ2) is 7.40. The highest BCUT2D eigenvalue weighted by molar-refractivity contribution is 14.1. The maximum Gasteiger partial charge on any atom is 0.241 e. The van der Waals surface area contributed by atoms with E-state index in [0.29, 0.717) is 10.7 Å². The van der Waals surface area contributed by atoms with Gasteiger partial charge in [-0.1, -0.05) is 11.6 Å². The second-order valence-corrected chi connectivity index (χ2v) is 7.78. The standard InChI is InChI=1S/C14H12ClIN2O3S/c15-10-1-7-13(8-2-10)22(20,21)17-9-14(19)18-12-5-3-11(16)4-6-12/h1-8,17H,9H2,(H,18,19). The minimum absolute atomic E-state index is 0.0546. The van der Waals surface area contributed by atoms with Crippen molar-refractivity contribution in [2.45, 2.75) is 4.90 Å². The van der Waals surface area contributed by atoms with Crippen molar-refractivity contribution in [2.75, 3.05) is 11.9 Å². The van der Waals surface area contributed by atoms with E-state index >= 15 is 0 Å². The van der Waals surface area contributed by atoms with E-state index in [1.54, 1.807) is 12.1 Å². The molecule has 0 unspecified atom stereocenters. The van der Waals surface area contributed by atoms with Crippen LogP contribution in [-0.4, -0.2) is 20.9 Å². The lowest BCUT2D eigenvalue weighted by Crippen LogP contribution is -2.32. The van der Waals surface area contributed by atoms with Crippen LogP contribution in [0.5, 0.6) is 0 Å². The SMILES string of the molecule is O=C(CNS(=O)(=O)c1ccc(Cl)cc1)Nc1ccc(I)cc1. The lowest BCUT2D eigenvalue weighted by atomic mass is 10.3. The molecule has 5 nitrogen and oxygen atoms in total. The van der Waals surface area contributed by atoms with Gasteiger partial charge >= 0.3 is 0 Å². The number of anilines is 1. The van der Waals surface area contributed by atoms with Gasteiger partial charge in [0.05, 0.1) is 11.4 Å². The van der Waals surface area contributed by atoms with Gasteiger partial charge in [-0.3, -0.25) is 4.79 Å². The fourth-order valence-corrected chi connectivity index (χ4v) is 3.06. The number of benzene rings is 2. The van der Waals surface area contributed by atoms with E-state index in [2.05, 4.69) is 32.6 Å². The van der Waals surface area contributed by atoms with Crippen molar-refractivity contribution in [1.82, 2.24) is 4.72 Å². The number of carbonyl (C=O) groups excluding carboxylic acids is 1. The highest BCUT2D eigenvalue weighted by Crippen LogP contribution is 2.14. The highest BCUT2D eigenvalue weighted by atomic mass is 127. The van der Waals surface area contributed by atoms with Crippen LogP contribution < -0.4 is 10.0 Å². The summed E-state index contributed by atoms with van der Waals surface area (Å²) in [4.78, 5) is 11.8. The van der Waals surface area contributed by atoms with Gasteiger partial charge in [-0.2, -0.15) is 0 Å². The lowest BCUT2D eigenvalue weighted by Gasteiger charge is -2.08. The first-order chi connectivity index (χ1) is 10.4. The number of rotatable bonds is 5. The van der Waals surface area contributed by atoms with E-state index in [1.165, 1.54) is 24.3 Å². The predicted octanol–water partition coefficient (Wildman–Crippen LogP) is 2.86. The number of hydrogen-bond donors (Lipinski definition) is 2. The molecule has 2 rings (SSSR count). The molecule has 0 aliphatic heterocycles. The highest BCUT2D eigenvalue weighted by Gasteiger charge is 2.15. The molecule has 2 aromatic carbocycles. The first-order valence-corrected chi connectivity index (χ1v) is 9.11. The Morgan fingerprint density at radius 1 is 1.05 bits per heavy atom. The van der Waals surface area contributed by atoms with Gasteiger partial charge in [0.1, 0.15) is 0 Å². The number of sulfonamides is 1. The number of halogens is 2. The van der Waals surface area contributed by atoms with Crippen LogP contribution in [0.2, 0.25) is 5.02 Å². The summed E-state index contributed by atoms with van der Waals surface area (Å²) in [6.45, 7) is -0.350. The molecule has 116 valence electrons. The minimum Gasteiger partial charge on any atom is -0.325 e. The van der Waals surface area contributed by atoms with E-state index in [0.717, 1.165) is 3.57 Å². The molecule has 1 amide bonds. The van der Waals surface area contributed by atoms with Gasteiger partial charge in [0.2, 0.25) is 15.9 Å². The van der Waals surface area contributed by atoms with Gasteiger partial charge in [0.15, 0.2) is 0 Å². The molecule has 0 bridgehead atoms. The van der Waals surface area contributed by atoms with E-state index in [9.17, 15) is 13.2 Å². The number of carbonyl (C=O) groups is 1. The van der Waals surface area contributed by atoms with Gasteiger partial charge in [0.25, 0.3) is 0 Å². The molecule has 8 heteroatoms. The molecule has 0 spiro atoms. The van der Waals surface area contributed by atoms with Crippen LogP contribution in [0.1, 0.15) is 0 Å². The normalized spacial score (nSPS) is 11.2. The molecular formula is C14H12ClIN2O3S. The van der Waals surface area contributed by atoms with Crippen LogP contribution in [0.15, 0.2) is 53.4 Å². The number of nitrogens with one attached hydrogen (secondary N) is 2. The molecule has 0 aliphatic carbocycles. The Hall–Kier alpha value is -1.16. The predicted molar refractivity (Wildman–Crippen MR) is 94.4 cm³/mol. The Labute approximate surface area is 147 Å². The average molecular weight is 451 g/mol. The van der Waals surface area contributed by atoms with Crippen LogP contribution in [0.4, 0.5) is 5.69 Å². The van der Waals surface area contributed by atoms with Crippen molar-refractivity contribution < 1.29 is 13.2 Å². The minimum atomic E-state index is -3.74. The summed E-state index contributed by atoms with van der Waals surface area (Å²) in [7, 11) is -3.74. The molecule has 0 saturated carbocycles. The lowest BCUT2D eigenvalue weighted by molar-refractivity contribution is -0.115. The van der Waals surface area contributed by atoms with Gasteiger partial charge in [-0.25, -0.2) is 13.1 Å². The Bertz CT molecular complexity index is 762. The van der Waals surface area contributed by atoms with Crippen LogP contribution in [0.25, 0.3) is 0 Å². The van der Waals surface area contributed by atoms with Crippen LogP contribution in [0.3, 0.4) is 0 Å². The third kappa shape index (κ3) is 4.94. The first kappa shape index (κ1) is 17.2. The van der Waals surface area contributed by atoms with Crippen molar-refractivity contribution >= 4 is 55.8 Å². The molecule has 2 N–H and O–H groups in total. The molecule has 0 heterocycles. The Morgan fingerprint density at radius 2 is 1.64 bits per heavy atom. The van der Waals surface area contributed by atoms with Crippen molar-refractivity contribution in [1.29, 1.82) is 0 Å². The summed E-state index contributed by atoms with van der Waals surface area (Å²) in [5.41, 5.74) is 0.608. The second-order valence-electron chi connectivity index (χ2n) is 4.33.